The molecular formula is C25H40O3. The van der Waals surface area contributed by atoms with Crippen LogP contribution in [0.25, 0.3) is 0 Å². The van der Waals surface area contributed by atoms with Gasteiger partial charge in [-0.1, -0.05) is 34.1 Å². The zero-order valence-electron chi connectivity index (χ0n) is 18.4. The molecule has 0 aromatic carbocycles. The summed E-state index contributed by atoms with van der Waals surface area (Å²) in [5.41, 5.74) is 0.610. The number of fused-ring (bicyclic) bond motifs is 5. The molecule has 4 aliphatic carbocycles. The van der Waals surface area contributed by atoms with Crippen molar-refractivity contribution in [1.82, 2.24) is 0 Å². The second-order valence-corrected chi connectivity index (χ2v) is 11.6. The molecule has 0 aromatic rings. The van der Waals surface area contributed by atoms with Crippen molar-refractivity contribution < 1.29 is 14.7 Å². The number of ketones is 1. The van der Waals surface area contributed by atoms with Crippen molar-refractivity contribution in [3.05, 3.63) is 0 Å². The summed E-state index contributed by atoms with van der Waals surface area (Å²) >= 11 is 0. The van der Waals surface area contributed by atoms with Gasteiger partial charge in [0.1, 0.15) is 5.78 Å². The summed E-state index contributed by atoms with van der Waals surface area (Å²) in [6.07, 6.45) is 10.6. The Labute approximate surface area is 171 Å². The van der Waals surface area contributed by atoms with E-state index in [0.717, 1.165) is 18.8 Å². The van der Waals surface area contributed by atoms with Crippen molar-refractivity contribution in [2.45, 2.75) is 91.9 Å². The average Bonchev–Trinajstić information content (AvgIpc) is 2.98. The third-order valence-electron chi connectivity index (χ3n) is 10.3. The van der Waals surface area contributed by atoms with E-state index in [-0.39, 0.29) is 17.8 Å². The number of carbonyl (C=O) groups excluding carboxylic acids is 1. The molecule has 28 heavy (non-hydrogen) atoms. The summed E-state index contributed by atoms with van der Waals surface area (Å²) in [6, 6.07) is 0. The van der Waals surface area contributed by atoms with Crippen molar-refractivity contribution in [1.29, 1.82) is 0 Å². The van der Waals surface area contributed by atoms with Crippen LogP contribution in [0.1, 0.15) is 91.9 Å². The molecule has 0 aliphatic heterocycles. The molecule has 0 spiro atoms. The van der Waals surface area contributed by atoms with Crippen LogP contribution < -0.4 is 0 Å². The van der Waals surface area contributed by atoms with E-state index in [2.05, 4.69) is 27.7 Å². The monoisotopic (exact) mass is 388 g/mol. The van der Waals surface area contributed by atoms with Gasteiger partial charge in [0, 0.05) is 18.8 Å². The first-order valence-electron chi connectivity index (χ1n) is 11.9. The lowest BCUT2D eigenvalue weighted by Gasteiger charge is -2.60. The van der Waals surface area contributed by atoms with E-state index in [0.29, 0.717) is 40.8 Å². The molecule has 0 saturated heterocycles. The molecule has 0 aromatic heterocycles. The van der Waals surface area contributed by atoms with Crippen LogP contribution in [-0.4, -0.2) is 16.9 Å². The van der Waals surface area contributed by atoms with Crippen LogP contribution in [0.2, 0.25) is 0 Å². The number of rotatable bonds is 4. The normalized spacial score (nSPS) is 49.1. The maximum absolute atomic E-state index is 13.4. The van der Waals surface area contributed by atoms with Gasteiger partial charge in [-0.2, -0.15) is 0 Å². The maximum atomic E-state index is 13.4. The fourth-order valence-electron chi connectivity index (χ4n) is 8.67. The lowest BCUT2D eigenvalue weighted by Crippen LogP contribution is -2.57. The highest BCUT2D eigenvalue weighted by molar-refractivity contribution is 5.83. The summed E-state index contributed by atoms with van der Waals surface area (Å²) in [6.45, 7) is 9.61. The highest BCUT2D eigenvalue weighted by atomic mass is 16.4. The average molecular weight is 389 g/mol. The van der Waals surface area contributed by atoms with Crippen molar-refractivity contribution in [3.8, 4) is 0 Å². The van der Waals surface area contributed by atoms with Crippen LogP contribution in [0.4, 0.5) is 0 Å². The summed E-state index contributed by atoms with van der Waals surface area (Å²) in [5.74, 6) is 3.74. The molecule has 3 heteroatoms. The fraction of sp³-hybridized carbons (Fsp3) is 0.920. The number of Topliss-reactive ketones (excluding diaryl/α,β-unsaturated/α-hetero) is 1. The van der Waals surface area contributed by atoms with E-state index in [4.69, 9.17) is 5.11 Å². The first kappa shape index (κ1) is 20.4. The molecule has 8 unspecified atom stereocenters. The molecule has 1 N–H and O–H groups in total. The number of carbonyl (C=O) groups is 2. The Morgan fingerprint density at radius 1 is 1.11 bits per heavy atom. The SMILES string of the molecule is CC(CCC(=O)O)C1CCC2C3C(=O)CC4C[C@H](C)CCC4(C)C3CCC12C. The van der Waals surface area contributed by atoms with Crippen LogP contribution in [0.3, 0.4) is 0 Å². The second kappa shape index (κ2) is 7.13. The van der Waals surface area contributed by atoms with Crippen LogP contribution in [-0.2, 0) is 9.59 Å². The van der Waals surface area contributed by atoms with E-state index in [1.807, 2.05) is 0 Å². The van der Waals surface area contributed by atoms with E-state index < -0.39 is 5.97 Å². The predicted octanol–water partition coefficient (Wildman–Crippen LogP) is 5.96. The van der Waals surface area contributed by atoms with E-state index in [9.17, 15) is 9.59 Å². The zero-order valence-corrected chi connectivity index (χ0v) is 18.4. The minimum atomic E-state index is -0.678. The first-order chi connectivity index (χ1) is 13.2. The second-order valence-electron chi connectivity index (χ2n) is 11.6. The Morgan fingerprint density at radius 2 is 1.79 bits per heavy atom. The summed E-state index contributed by atoms with van der Waals surface area (Å²) in [4.78, 5) is 24.5. The smallest absolute Gasteiger partial charge is 0.303 e. The first-order valence-corrected chi connectivity index (χ1v) is 11.9. The molecule has 0 heterocycles. The summed E-state index contributed by atoms with van der Waals surface area (Å²) in [5, 5.41) is 9.10. The molecule has 0 amide bonds. The largest absolute Gasteiger partial charge is 0.481 e. The molecule has 3 nitrogen and oxygen atoms in total. The van der Waals surface area contributed by atoms with E-state index >= 15 is 0 Å². The van der Waals surface area contributed by atoms with Gasteiger partial charge in [-0.05, 0) is 91.3 Å². The molecule has 4 fully saturated rings. The molecule has 0 radical (unpaired) electrons. The Morgan fingerprint density at radius 3 is 2.50 bits per heavy atom. The minimum Gasteiger partial charge on any atom is -0.481 e. The van der Waals surface area contributed by atoms with Gasteiger partial charge in [-0.25, -0.2) is 0 Å². The Hall–Kier alpha value is -0.860. The zero-order chi connectivity index (χ0) is 20.3. The van der Waals surface area contributed by atoms with Gasteiger partial charge in [-0.3, -0.25) is 9.59 Å². The quantitative estimate of drug-likeness (QED) is 0.646. The molecule has 9 atom stereocenters. The van der Waals surface area contributed by atoms with Crippen LogP contribution in [0, 0.1) is 52.3 Å². The number of hydrogen-bond acceptors (Lipinski definition) is 2. The van der Waals surface area contributed by atoms with E-state index in [1.165, 1.54) is 44.9 Å². The maximum Gasteiger partial charge on any atom is 0.303 e. The number of carboxylic acid groups (broad SMARTS) is 1. The topological polar surface area (TPSA) is 54.4 Å². The van der Waals surface area contributed by atoms with Gasteiger partial charge >= 0.3 is 5.97 Å². The van der Waals surface area contributed by atoms with Gasteiger partial charge in [0.25, 0.3) is 0 Å². The lowest BCUT2D eigenvalue weighted by molar-refractivity contribution is -0.158. The molecular weight excluding hydrogens is 348 g/mol. The third-order valence-corrected chi connectivity index (χ3v) is 10.3. The van der Waals surface area contributed by atoms with Gasteiger partial charge in [-0.15, -0.1) is 0 Å². The molecule has 0 bridgehead atoms. The van der Waals surface area contributed by atoms with Gasteiger partial charge in [0.05, 0.1) is 0 Å². The van der Waals surface area contributed by atoms with Gasteiger partial charge < -0.3 is 5.11 Å². The highest BCUT2D eigenvalue weighted by Gasteiger charge is 2.62. The van der Waals surface area contributed by atoms with Crippen LogP contribution in [0.5, 0.6) is 0 Å². The lowest BCUT2D eigenvalue weighted by atomic mass is 9.43. The highest BCUT2D eigenvalue weighted by Crippen LogP contribution is 2.67. The fourth-order valence-corrected chi connectivity index (χ4v) is 8.67. The van der Waals surface area contributed by atoms with E-state index in [1.54, 1.807) is 0 Å². The number of hydrogen-bond donors (Lipinski definition) is 1. The van der Waals surface area contributed by atoms with Gasteiger partial charge in [0.2, 0.25) is 0 Å². The van der Waals surface area contributed by atoms with Crippen molar-refractivity contribution in [2.24, 2.45) is 52.3 Å². The van der Waals surface area contributed by atoms with Crippen LogP contribution in [0.15, 0.2) is 0 Å². The minimum absolute atomic E-state index is 0.236. The number of aliphatic carboxylic acids is 1. The molecule has 4 saturated carbocycles. The predicted molar refractivity (Wildman–Crippen MR) is 111 cm³/mol. The number of carboxylic acids is 1. The van der Waals surface area contributed by atoms with Crippen molar-refractivity contribution >= 4 is 11.8 Å². The van der Waals surface area contributed by atoms with Crippen LogP contribution >= 0.6 is 0 Å². The molecule has 158 valence electrons. The Bertz CT molecular complexity index is 642. The Kier molecular flexibility index (Phi) is 5.20. The van der Waals surface area contributed by atoms with Gasteiger partial charge in [0.15, 0.2) is 0 Å². The summed E-state index contributed by atoms with van der Waals surface area (Å²) < 4.78 is 0. The Balaban J connectivity index is 1.56. The summed E-state index contributed by atoms with van der Waals surface area (Å²) in [7, 11) is 0. The van der Waals surface area contributed by atoms with Crippen molar-refractivity contribution in [2.75, 3.05) is 0 Å². The standard InChI is InChI=1S/C25H40O3/c1-15-9-11-24(3)17(13-15)14-21(26)23-19-7-6-18(16(2)5-8-22(27)28)25(19,4)12-10-20(23)24/h15-20,23H,5-14H2,1-4H3,(H,27,28)/t15-,16?,17?,18?,19?,20?,23?,24?,25?/m1/s1. The molecule has 4 rings (SSSR count). The van der Waals surface area contributed by atoms with Crippen molar-refractivity contribution in [3.63, 3.8) is 0 Å². The molecule has 4 aliphatic rings. The third kappa shape index (κ3) is 3.06.